The Kier molecular flexibility index (Phi) is 4.44. The average molecular weight is 309 g/mol. The quantitative estimate of drug-likeness (QED) is 0.942. The van der Waals surface area contributed by atoms with Crippen LogP contribution in [0.4, 0.5) is 4.39 Å². The normalized spacial score (nSPS) is 12.4. The zero-order valence-electron chi connectivity index (χ0n) is 9.81. The predicted molar refractivity (Wildman–Crippen MR) is 73.7 cm³/mol. The van der Waals surface area contributed by atoms with Crippen LogP contribution in [0.5, 0.6) is 0 Å². The molecule has 2 rings (SSSR count). The largest absolute Gasteiger partial charge is 0.327 e. The van der Waals surface area contributed by atoms with Gasteiger partial charge >= 0.3 is 0 Å². The van der Waals surface area contributed by atoms with Crippen molar-refractivity contribution in [1.29, 1.82) is 0 Å². The van der Waals surface area contributed by atoms with Crippen LogP contribution in [0, 0.1) is 5.82 Å². The second kappa shape index (κ2) is 6.07. The van der Waals surface area contributed by atoms with Gasteiger partial charge in [0.2, 0.25) is 0 Å². The molecule has 2 aromatic rings. The summed E-state index contributed by atoms with van der Waals surface area (Å²) >= 11 is 3.34. The molecule has 0 saturated heterocycles. The van der Waals surface area contributed by atoms with Crippen molar-refractivity contribution in [3.05, 3.63) is 64.1 Å². The van der Waals surface area contributed by atoms with Gasteiger partial charge in [0.25, 0.3) is 0 Å². The van der Waals surface area contributed by atoms with Crippen LogP contribution in [-0.4, -0.2) is 11.0 Å². The SMILES string of the molecule is NC(Cc1cccc(F)c1)Cc1ccc(Br)cn1. The van der Waals surface area contributed by atoms with E-state index in [0.717, 1.165) is 15.7 Å². The summed E-state index contributed by atoms with van der Waals surface area (Å²) in [4.78, 5) is 4.28. The molecule has 1 aromatic carbocycles. The number of hydrogen-bond donors (Lipinski definition) is 1. The molecule has 0 amide bonds. The lowest BCUT2D eigenvalue weighted by Crippen LogP contribution is -2.26. The molecule has 0 aliphatic rings. The molecule has 1 atom stereocenters. The topological polar surface area (TPSA) is 38.9 Å². The number of aromatic nitrogens is 1. The summed E-state index contributed by atoms with van der Waals surface area (Å²) < 4.78 is 14.0. The summed E-state index contributed by atoms with van der Waals surface area (Å²) in [6.45, 7) is 0. The molecule has 94 valence electrons. The lowest BCUT2D eigenvalue weighted by Gasteiger charge is -2.11. The first kappa shape index (κ1) is 13.2. The van der Waals surface area contributed by atoms with Gasteiger partial charge in [0.1, 0.15) is 5.82 Å². The zero-order chi connectivity index (χ0) is 13.0. The Bertz CT molecular complexity index is 513. The molecule has 1 aromatic heterocycles. The van der Waals surface area contributed by atoms with E-state index < -0.39 is 0 Å². The van der Waals surface area contributed by atoms with Crippen molar-refractivity contribution in [1.82, 2.24) is 4.98 Å². The van der Waals surface area contributed by atoms with Crippen LogP contribution in [0.2, 0.25) is 0 Å². The number of pyridine rings is 1. The molecule has 0 saturated carbocycles. The number of hydrogen-bond acceptors (Lipinski definition) is 2. The Morgan fingerprint density at radius 1 is 1.22 bits per heavy atom. The first-order valence-electron chi connectivity index (χ1n) is 5.74. The monoisotopic (exact) mass is 308 g/mol. The minimum Gasteiger partial charge on any atom is -0.327 e. The van der Waals surface area contributed by atoms with Crippen LogP contribution >= 0.6 is 15.9 Å². The third-order valence-electron chi connectivity index (χ3n) is 2.65. The first-order valence-corrected chi connectivity index (χ1v) is 6.53. The molecule has 1 unspecified atom stereocenters. The molecule has 18 heavy (non-hydrogen) atoms. The van der Waals surface area contributed by atoms with Crippen molar-refractivity contribution in [3.8, 4) is 0 Å². The molecule has 0 radical (unpaired) electrons. The van der Waals surface area contributed by atoms with Gasteiger partial charge in [-0.15, -0.1) is 0 Å². The van der Waals surface area contributed by atoms with Gasteiger partial charge in [0.05, 0.1) is 0 Å². The van der Waals surface area contributed by atoms with Crippen molar-refractivity contribution in [3.63, 3.8) is 0 Å². The van der Waals surface area contributed by atoms with Crippen LogP contribution < -0.4 is 5.73 Å². The van der Waals surface area contributed by atoms with E-state index in [1.807, 2.05) is 18.2 Å². The van der Waals surface area contributed by atoms with Gasteiger partial charge in [-0.05, 0) is 52.2 Å². The van der Waals surface area contributed by atoms with Crippen molar-refractivity contribution in [2.24, 2.45) is 5.73 Å². The van der Waals surface area contributed by atoms with Crippen LogP contribution in [0.25, 0.3) is 0 Å². The second-order valence-corrected chi connectivity index (χ2v) is 5.18. The number of rotatable bonds is 4. The van der Waals surface area contributed by atoms with Crippen molar-refractivity contribution in [2.75, 3.05) is 0 Å². The summed E-state index contributed by atoms with van der Waals surface area (Å²) in [7, 11) is 0. The molecule has 2 nitrogen and oxygen atoms in total. The highest BCUT2D eigenvalue weighted by atomic mass is 79.9. The molecule has 0 spiro atoms. The van der Waals surface area contributed by atoms with Crippen LogP contribution in [0.1, 0.15) is 11.3 Å². The van der Waals surface area contributed by atoms with Gasteiger partial charge in [-0.25, -0.2) is 4.39 Å². The van der Waals surface area contributed by atoms with Gasteiger partial charge in [-0.3, -0.25) is 4.98 Å². The van der Waals surface area contributed by atoms with E-state index in [1.54, 1.807) is 12.3 Å². The van der Waals surface area contributed by atoms with Crippen LogP contribution in [0.15, 0.2) is 47.1 Å². The minimum absolute atomic E-state index is 0.0551. The van der Waals surface area contributed by atoms with Gasteiger partial charge in [0.15, 0.2) is 0 Å². The van der Waals surface area contributed by atoms with Crippen molar-refractivity contribution in [2.45, 2.75) is 18.9 Å². The number of halogens is 2. The minimum atomic E-state index is -0.221. The van der Waals surface area contributed by atoms with Gasteiger partial charge < -0.3 is 5.73 Å². The lowest BCUT2D eigenvalue weighted by molar-refractivity contribution is 0.616. The Balaban J connectivity index is 1.96. The fourth-order valence-corrected chi connectivity index (χ4v) is 2.07. The van der Waals surface area contributed by atoms with E-state index >= 15 is 0 Å². The Hall–Kier alpha value is -1.26. The third-order valence-corrected chi connectivity index (χ3v) is 3.12. The molecule has 1 heterocycles. The van der Waals surface area contributed by atoms with E-state index in [1.165, 1.54) is 12.1 Å². The Morgan fingerprint density at radius 2 is 2.06 bits per heavy atom. The summed E-state index contributed by atoms with van der Waals surface area (Å²) in [6.07, 6.45) is 3.09. The maximum Gasteiger partial charge on any atom is 0.123 e. The van der Waals surface area contributed by atoms with E-state index in [0.29, 0.717) is 12.8 Å². The first-order chi connectivity index (χ1) is 8.63. The van der Waals surface area contributed by atoms with Crippen LogP contribution in [-0.2, 0) is 12.8 Å². The number of benzene rings is 1. The summed E-state index contributed by atoms with van der Waals surface area (Å²) in [6, 6.07) is 10.4. The van der Waals surface area contributed by atoms with Gasteiger partial charge in [0, 0.05) is 28.8 Å². The smallest absolute Gasteiger partial charge is 0.123 e. The predicted octanol–water partition coefficient (Wildman–Crippen LogP) is 3.10. The van der Waals surface area contributed by atoms with Crippen molar-refractivity contribution >= 4 is 15.9 Å². The van der Waals surface area contributed by atoms with Crippen LogP contribution in [0.3, 0.4) is 0 Å². The summed E-state index contributed by atoms with van der Waals surface area (Å²) in [5, 5.41) is 0. The molecule has 0 bridgehead atoms. The fraction of sp³-hybridized carbons (Fsp3) is 0.214. The molecule has 2 N–H and O–H groups in total. The number of nitrogens with zero attached hydrogens (tertiary/aromatic N) is 1. The van der Waals surface area contributed by atoms with E-state index in [2.05, 4.69) is 20.9 Å². The molecular weight excluding hydrogens is 295 g/mol. The Labute approximate surface area is 114 Å². The molecule has 4 heteroatoms. The lowest BCUT2D eigenvalue weighted by atomic mass is 10.0. The van der Waals surface area contributed by atoms with Gasteiger partial charge in [-0.1, -0.05) is 12.1 Å². The van der Waals surface area contributed by atoms with Gasteiger partial charge in [-0.2, -0.15) is 0 Å². The van der Waals surface area contributed by atoms with E-state index in [-0.39, 0.29) is 11.9 Å². The van der Waals surface area contributed by atoms with Crippen molar-refractivity contribution < 1.29 is 4.39 Å². The summed E-state index contributed by atoms with van der Waals surface area (Å²) in [5.41, 5.74) is 7.91. The molecule has 0 fully saturated rings. The Morgan fingerprint density at radius 3 is 2.72 bits per heavy atom. The molecular formula is C14H14BrFN2. The highest BCUT2D eigenvalue weighted by Gasteiger charge is 2.07. The fourth-order valence-electron chi connectivity index (χ4n) is 1.83. The standard InChI is InChI=1S/C14H14BrFN2/c15-11-4-5-14(18-9-11)8-13(17)7-10-2-1-3-12(16)6-10/h1-6,9,13H,7-8,17H2. The third kappa shape index (κ3) is 3.89. The maximum absolute atomic E-state index is 13.0. The van der Waals surface area contributed by atoms with E-state index in [4.69, 9.17) is 5.73 Å². The van der Waals surface area contributed by atoms with E-state index in [9.17, 15) is 4.39 Å². The number of nitrogens with two attached hydrogens (primary N) is 1. The maximum atomic E-state index is 13.0. The highest BCUT2D eigenvalue weighted by Crippen LogP contribution is 2.11. The molecule has 0 aliphatic carbocycles. The summed E-state index contributed by atoms with van der Waals surface area (Å²) in [5.74, 6) is -0.221. The highest BCUT2D eigenvalue weighted by molar-refractivity contribution is 9.10. The average Bonchev–Trinajstić information content (AvgIpc) is 2.32. The molecule has 0 aliphatic heterocycles. The zero-order valence-corrected chi connectivity index (χ0v) is 11.4. The second-order valence-electron chi connectivity index (χ2n) is 4.27.